The number of carboxylic acid groups (broad SMARTS) is 1. The van der Waals surface area contributed by atoms with Gasteiger partial charge in [-0.05, 0) is 35.4 Å². The van der Waals surface area contributed by atoms with Gasteiger partial charge in [0.25, 0.3) is 0 Å². The van der Waals surface area contributed by atoms with Gasteiger partial charge < -0.3 is 10.2 Å². The molecule has 7 heteroatoms. The lowest BCUT2D eigenvalue weighted by atomic mass is 9.98. The minimum atomic E-state index is -0.880. The summed E-state index contributed by atoms with van der Waals surface area (Å²) in [6, 6.07) is 14.9. The highest BCUT2D eigenvalue weighted by molar-refractivity contribution is 6.34. The summed E-state index contributed by atoms with van der Waals surface area (Å²) >= 11 is 6.45. The van der Waals surface area contributed by atoms with Crippen LogP contribution in [-0.2, 0) is 11.2 Å². The smallest absolute Gasteiger partial charge is 0.303 e. The monoisotopic (exact) mass is 410 g/mol. The molecule has 0 saturated carbocycles. The molecule has 3 N–H and O–H groups in total. The number of rotatable bonds is 5. The van der Waals surface area contributed by atoms with Crippen LogP contribution in [0.25, 0.3) is 33.2 Å². The van der Waals surface area contributed by atoms with E-state index >= 15 is 0 Å². The van der Waals surface area contributed by atoms with Crippen LogP contribution in [0.4, 0.5) is 4.39 Å². The predicted octanol–water partition coefficient (Wildman–Crippen LogP) is 5.41. The standard InChI is InChI=1S/C22H16ClFN2O3/c23-18-11-20-17(19(25-26-20)7-8-22(28)29)10-16(18)13-3-1-12(2-4-13)15-6-5-14(24)9-21(15)27/h1-6,9-11,27H,7-8H2,(H,25,26)(H,28,29). The minimum Gasteiger partial charge on any atom is -0.507 e. The molecule has 0 unspecified atom stereocenters. The summed E-state index contributed by atoms with van der Waals surface area (Å²) < 4.78 is 13.2. The van der Waals surface area contributed by atoms with Gasteiger partial charge in [0, 0.05) is 29.0 Å². The topological polar surface area (TPSA) is 86.2 Å². The molecule has 0 fully saturated rings. The maximum Gasteiger partial charge on any atom is 0.303 e. The van der Waals surface area contributed by atoms with E-state index in [1.54, 1.807) is 6.07 Å². The van der Waals surface area contributed by atoms with Crippen molar-refractivity contribution in [2.75, 3.05) is 0 Å². The van der Waals surface area contributed by atoms with Crippen molar-refractivity contribution >= 4 is 28.5 Å². The molecule has 0 aliphatic carbocycles. The number of carboxylic acids is 1. The van der Waals surface area contributed by atoms with E-state index < -0.39 is 11.8 Å². The highest BCUT2D eigenvalue weighted by Gasteiger charge is 2.13. The van der Waals surface area contributed by atoms with Gasteiger partial charge in [0.05, 0.1) is 22.7 Å². The number of carbonyl (C=O) groups is 1. The number of fused-ring (bicyclic) bond motifs is 1. The fraction of sp³-hybridized carbons (Fsp3) is 0.0909. The normalized spacial score (nSPS) is 11.1. The van der Waals surface area contributed by atoms with Crippen LogP contribution in [0.1, 0.15) is 12.1 Å². The number of hydrogen-bond acceptors (Lipinski definition) is 3. The molecule has 146 valence electrons. The lowest BCUT2D eigenvalue weighted by molar-refractivity contribution is -0.136. The predicted molar refractivity (Wildman–Crippen MR) is 110 cm³/mol. The van der Waals surface area contributed by atoms with Gasteiger partial charge in [-0.2, -0.15) is 5.10 Å². The second kappa shape index (κ2) is 7.56. The second-order valence-corrected chi connectivity index (χ2v) is 7.09. The molecule has 1 heterocycles. The van der Waals surface area contributed by atoms with Gasteiger partial charge in [0.2, 0.25) is 0 Å². The number of nitrogens with zero attached hydrogens (tertiary/aromatic N) is 1. The van der Waals surface area contributed by atoms with E-state index in [4.69, 9.17) is 16.7 Å². The first kappa shape index (κ1) is 19.0. The molecule has 0 amide bonds. The Kier molecular flexibility index (Phi) is 4.94. The molecule has 0 atom stereocenters. The van der Waals surface area contributed by atoms with Crippen LogP contribution >= 0.6 is 11.6 Å². The van der Waals surface area contributed by atoms with Gasteiger partial charge in [-0.15, -0.1) is 0 Å². The van der Waals surface area contributed by atoms with E-state index in [1.807, 2.05) is 30.3 Å². The third-order valence-corrected chi connectivity index (χ3v) is 5.08. The lowest BCUT2D eigenvalue weighted by Crippen LogP contribution is -1.98. The Hall–Kier alpha value is -3.38. The molecule has 29 heavy (non-hydrogen) atoms. The number of aromatic nitrogens is 2. The van der Waals surface area contributed by atoms with E-state index in [-0.39, 0.29) is 12.2 Å². The first-order valence-electron chi connectivity index (χ1n) is 8.90. The van der Waals surface area contributed by atoms with E-state index in [2.05, 4.69) is 10.2 Å². The largest absolute Gasteiger partial charge is 0.507 e. The summed E-state index contributed by atoms with van der Waals surface area (Å²) in [5.41, 5.74) is 4.33. The van der Waals surface area contributed by atoms with Crippen molar-refractivity contribution in [2.24, 2.45) is 0 Å². The van der Waals surface area contributed by atoms with E-state index in [0.717, 1.165) is 33.7 Å². The summed E-state index contributed by atoms with van der Waals surface area (Å²) in [4.78, 5) is 10.9. The zero-order valence-corrected chi connectivity index (χ0v) is 15.9. The summed E-state index contributed by atoms with van der Waals surface area (Å²) in [5.74, 6) is -1.50. The fourth-order valence-electron chi connectivity index (χ4n) is 3.31. The molecular formula is C22H16ClFN2O3. The molecule has 4 aromatic rings. The lowest BCUT2D eigenvalue weighted by Gasteiger charge is -2.09. The first-order chi connectivity index (χ1) is 13.9. The molecule has 5 nitrogen and oxygen atoms in total. The molecule has 0 aliphatic rings. The van der Waals surface area contributed by atoms with E-state index in [9.17, 15) is 14.3 Å². The van der Waals surface area contributed by atoms with Crippen LogP contribution in [0.3, 0.4) is 0 Å². The maximum atomic E-state index is 13.2. The Morgan fingerprint density at radius 3 is 2.38 bits per heavy atom. The Morgan fingerprint density at radius 2 is 1.72 bits per heavy atom. The van der Waals surface area contributed by atoms with E-state index in [0.29, 0.717) is 22.7 Å². The zero-order chi connectivity index (χ0) is 20.5. The van der Waals surface area contributed by atoms with Crippen molar-refractivity contribution in [1.29, 1.82) is 0 Å². The molecule has 0 aliphatic heterocycles. The van der Waals surface area contributed by atoms with Crippen molar-refractivity contribution < 1.29 is 19.4 Å². The van der Waals surface area contributed by atoms with Crippen LogP contribution in [0.15, 0.2) is 54.6 Å². The van der Waals surface area contributed by atoms with Gasteiger partial charge >= 0.3 is 5.97 Å². The number of aryl methyl sites for hydroxylation is 1. The van der Waals surface area contributed by atoms with Gasteiger partial charge in [0.1, 0.15) is 11.6 Å². The van der Waals surface area contributed by atoms with Crippen LogP contribution in [-0.4, -0.2) is 26.4 Å². The zero-order valence-electron chi connectivity index (χ0n) is 15.1. The Labute approximate surface area is 170 Å². The number of aromatic hydroxyl groups is 1. The average molecular weight is 411 g/mol. The number of hydrogen-bond donors (Lipinski definition) is 3. The van der Waals surface area contributed by atoms with Crippen molar-refractivity contribution in [3.8, 4) is 28.0 Å². The number of aromatic amines is 1. The highest BCUT2D eigenvalue weighted by Crippen LogP contribution is 2.35. The summed E-state index contributed by atoms with van der Waals surface area (Å²) in [5, 5.41) is 27.3. The van der Waals surface area contributed by atoms with Gasteiger partial charge in [-0.25, -0.2) is 4.39 Å². The number of phenols is 1. The molecule has 0 bridgehead atoms. The average Bonchev–Trinajstić information content (AvgIpc) is 3.07. The summed E-state index contributed by atoms with van der Waals surface area (Å²) in [6.45, 7) is 0. The quantitative estimate of drug-likeness (QED) is 0.410. The number of benzene rings is 3. The van der Waals surface area contributed by atoms with Crippen LogP contribution < -0.4 is 0 Å². The Morgan fingerprint density at radius 1 is 1.03 bits per heavy atom. The molecule has 4 rings (SSSR count). The highest BCUT2D eigenvalue weighted by atomic mass is 35.5. The van der Waals surface area contributed by atoms with Gasteiger partial charge in [-0.3, -0.25) is 9.89 Å². The Balaban J connectivity index is 1.71. The number of phenolic OH excluding ortho intramolecular Hbond substituents is 1. The summed E-state index contributed by atoms with van der Waals surface area (Å²) in [6.07, 6.45) is 0.312. The Bertz CT molecular complexity index is 1220. The number of halogens is 2. The van der Waals surface area contributed by atoms with Crippen LogP contribution in [0.5, 0.6) is 5.75 Å². The molecule has 0 saturated heterocycles. The number of H-pyrrole nitrogens is 1. The minimum absolute atomic E-state index is 0.00618. The SMILES string of the molecule is O=C(O)CCc1n[nH]c2cc(Cl)c(-c3ccc(-c4ccc(F)cc4O)cc3)cc12. The van der Waals surface area contributed by atoms with Crippen molar-refractivity contribution in [2.45, 2.75) is 12.8 Å². The number of nitrogens with one attached hydrogen (secondary N) is 1. The van der Waals surface area contributed by atoms with E-state index in [1.165, 1.54) is 12.1 Å². The van der Waals surface area contributed by atoms with Crippen molar-refractivity contribution in [3.05, 3.63) is 71.1 Å². The van der Waals surface area contributed by atoms with Gasteiger partial charge in [0.15, 0.2) is 0 Å². The van der Waals surface area contributed by atoms with Crippen LogP contribution in [0, 0.1) is 5.82 Å². The third kappa shape index (κ3) is 3.79. The second-order valence-electron chi connectivity index (χ2n) is 6.68. The van der Waals surface area contributed by atoms with Gasteiger partial charge in [-0.1, -0.05) is 35.9 Å². The van der Waals surface area contributed by atoms with Crippen molar-refractivity contribution in [1.82, 2.24) is 10.2 Å². The molecule has 3 aromatic carbocycles. The fourth-order valence-corrected chi connectivity index (χ4v) is 3.58. The maximum absolute atomic E-state index is 13.2. The first-order valence-corrected chi connectivity index (χ1v) is 9.28. The van der Waals surface area contributed by atoms with Crippen LogP contribution in [0.2, 0.25) is 5.02 Å². The molecular weight excluding hydrogens is 395 g/mol. The third-order valence-electron chi connectivity index (χ3n) is 4.77. The number of aliphatic carboxylic acids is 1. The summed E-state index contributed by atoms with van der Waals surface area (Å²) in [7, 11) is 0. The van der Waals surface area contributed by atoms with Crippen molar-refractivity contribution in [3.63, 3.8) is 0 Å². The molecule has 0 radical (unpaired) electrons. The molecule has 0 spiro atoms. The molecule has 1 aromatic heterocycles.